The van der Waals surface area contributed by atoms with Gasteiger partial charge in [0.1, 0.15) is 18.6 Å². The molecule has 1 aromatic rings. The van der Waals surface area contributed by atoms with Crippen molar-refractivity contribution in [1.82, 2.24) is 10.3 Å². The first-order valence-corrected chi connectivity index (χ1v) is 7.21. The summed E-state index contributed by atoms with van der Waals surface area (Å²) >= 11 is 0. The maximum atomic E-state index is 14.1. The van der Waals surface area contributed by atoms with Crippen LogP contribution in [-0.4, -0.2) is 28.6 Å². The van der Waals surface area contributed by atoms with Gasteiger partial charge >= 0.3 is 11.9 Å². The molecule has 0 bridgehead atoms. The number of carbonyl (C=O) groups is 2. The van der Waals surface area contributed by atoms with E-state index in [9.17, 15) is 23.5 Å². The molecule has 1 aromatic heterocycles. The van der Waals surface area contributed by atoms with Gasteiger partial charge in [-0.3, -0.25) is 4.98 Å². The van der Waals surface area contributed by atoms with Crippen molar-refractivity contribution in [3.05, 3.63) is 51.9 Å². The van der Waals surface area contributed by atoms with Crippen LogP contribution in [0.1, 0.15) is 37.1 Å². The Bertz CT molecular complexity index is 812. The van der Waals surface area contributed by atoms with Crippen LogP contribution in [0, 0.1) is 5.82 Å². The number of hydrogen-bond acceptors (Lipinski definition) is 5. The highest BCUT2D eigenvalue weighted by molar-refractivity contribution is 6.00. The normalized spacial score (nSPS) is 21.3. The second-order valence-electron chi connectivity index (χ2n) is 5.61. The van der Waals surface area contributed by atoms with Gasteiger partial charge in [0.15, 0.2) is 0 Å². The van der Waals surface area contributed by atoms with Gasteiger partial charge in [-0.1, -0.05) is 0 Å². The number of carbonyl (C=O) groups excluding carboxylic acids is 1. The molecular weight excluding hydrogens is 322 g/mol. The van der Waals surface area contributed by atoms with Gasteiger partial charge in [0.2, 0.25) is 0 Å². The van der Waals surface area contributed by atoms with Gasteiger partial charge in [0, 0.05) is 17.5 Å². The topological polar surface area (TPSA) is 88.5 Å². The third-order valence-electron chi connectivity index (χ3n) is 4.12. The minimum Gasteiger partial charge on any atom is -0.478 e. The molecule has 6 nitrogen and oxygen atoms in total. The van der Waals surface area contributed by atoms with Crippen molar-refractivity contribution in [2.75, 3.05) is 6.61 Å². The Morgan fingerprint density at radius 2 is 2.21 bits per heavy atom. The lowest BCUT2D eigenvalue weighted by Crippen LogP contribution is -2.30. The number of ether oxygens (including phenoxy) is 1. The summed E-state index contributed by atoms with van der Waals surface area (Å²) in [5, 5.41) is 12.4. The average Bonchev–Trinajstić information content (AvgIpc) is 2.85. The average molecular weight is 336 g/mol. The van der Waals surface area contributed by atoms with E-state index in [0.29, 0.717) is 5.70 Å². The number of aliphatic carboxylic acids is 1. The smallest absolute Gasteiger partial charge is 0.337 e. The number of cyclic esters (lactones) is 1. The number of pyridine rings is 1. The molecule has 0 aliphatic carbocycles. The fourth-order valence-electron chi connectivity index (χ4n) is 3.17. The molecule has 2 N–H and O–H groups in total. The predicted molar refractivity (Wildman–Crippen MR) is 77.9 cm³/mol. The molecule has 2 atom stereocenters. The van der Waals surface area contributed by atoms with Crippen LogP contribution in [0.25, 0.3) is 0 Å². The number of esters is 1. The monoisotopic (exact) mass is 336 g/mol. The molecule has 0 spiro atoms. The van der Waals surface area contributed by atoms with Crippen molar-refractivity contribution in [3.8, 4) is 0 Å². The third kappa shape index (κ3) is 2.34. The van der Waals surface area contributed by atoms with E-state index in [0.717, 1.165) is 13.1 Å². The van der Waals surface area contributed by atoms with Crippen LogP contribution < -0.4 is 5.32 Å². The van der Waals surface area contributed by atoms with E-state index in [4.69, 9.17) is 4.74 Å². The van der Waals surface area contributed by atoms with Gasteiger partial charge < -0.3 is 15.2 Å². The van der Waals surface area contributed by atoms with E-state index in [2.05, 4.69) is 10.3 Å². The van der Waals surface area contributed by atoms with E-state index in [1.165, 1.54) is 13.1 Å². The molecule has 2 aliphatic heterocycles. The Balaban J connectivity index is 2.29. The summed E-state index contributed by atoms with van der Waals surface area (Å²) in [6, 6.07) is 0. The van der Waals surface area contributed by atoms with Crippen LogP contribution >= 0.6 is 0 Å². The van der Waals surface area contributed by atoms with E-state index >= 15 is 0 Å². The van der Waals surface area contributed by atoms with E-state index < -0.39 is 29.8 Å². The number of aromatic nitrogens is 1. The highest BCUT2D eigenvalue weighted by Crippen LogP contribution is 2.43. The lowest BCUT2D eigenvalue weighted by molar-refractivity contribution is -0.136. The molecule has 0 amide bonds. The summed E-state index contributed by atoms with van der Waals surface area (Å²) < 4.78 is 33.1. The maximum Gasteiger partial charge on any atom is 0.337 e. The number of dihydropyridines is 1. The lowest BCUT2D eigenvalue weighted by Gasteiger charge is -2.28. The SMILES string of the molecule is CC1=C(C(=O)O)[C@@H](c2cncc(F)c2[C@H](C)F)C2=C(COC2=O)N1. The van der Waals surface area contributed by atoms with Crippen molar-refractivity contribution < 1.29 is 28.2 Å². The van der Waals surface area contributed by atoms with Crippen LogP contribution in [0.5, 0.6) is 0 Å². The number of carboxylic acid groups (broad SMARTS) is 1. The molecule has 0 aromatic carbocycles. The number of hydrogen-bond donors (Lipinski definition) is 2. The summed E-state index contributed by atoms with van der Waals surface area (Å²) in [5.41, 5.74) is 0.263. The molecule has 2 aliphatic rings. The summed E-state index contributed by atoms with van der Waals surface area (Å²) in [4.78, 5) is 27.5. The number of nitrogens with zero attached hydrogens (tertiary/aromatic N) is 1. The Morgan fingerprint density at radius 1 is 1.50 bits per heavy atom. The van der Waals surface area contributed by atoms with Crippen LogP contribution in [0.15, 0.2) is 34.9 Å². The first-order valence-electron chi connectivity index (χ1n) is 7.21. The molecule has 0 fully saturated rings. The van der Waals surface area contributed by atoms with Crippen LogP contribution in [0.3, 0.4) is 0 Å². The largest absolute Gasteiger partial charge is 0.478 e. The van der Waals surface area contributed by atoms with E-state index in [1.54, 1.807) is 0 Å². The maximum absolute atomic E-state index is 14.1. The Kier molecular flexibility index (Phi) is 3.82. The number of rotatable bonds is 3. The van der Waals surface area contributed by atoms with Gasteiger partial charge in [-0.2, -0.15) is 0 Å². The first-order chi connectivity index (χ1) is 11.3. The van der Waals surface area contributed by atoms with Crippen LogP contribution in [0.4, 0.5) is 8.78 Å². The van der Waals surface area contributed by atoms with Crippen LogP contribution in [0.2, 0.25) is 0 Å². The zero-order valence-corrected chi connectivity index (χ0v) is 12.9. The first kappa shape index (κ1) is 16.1. The van der Waals surface area contributed by atoms with Crippen molar-refractivity contribution in [3.63, 3.8) is 0 Å². The zero-order valence-electron chi connectivity index (χ0n) is 12.9. The fourth-order valence-corrected chi connectivity index (χ4v) is 3.17. The fraction of sp³-hybridized carbons (Fsp3) is 0.312. The van der Waals surface area contributed by atoms with Crippen molar-refractivity contribution in [2.45, 2.75) is 25.9 Å². The number of carboxylic acids is 1. The minimum atomic E-state index is -1.70. The molecule has 0 saturated carbocycles. The second-order valence-corrected chi connectivity index (χ2v) is 5.61. The van der Waals surface area contributed by atoms with E-state index in [-0.39, 0.29) is 34.6 Å². The zero-order chi connectivity index (χ0) is 17.6. The number of halogens is 2. The van der Waals surface area contributed by atoms with Gasteiger partial charge in [0.05, 0.1) is 29.0 Å². The summed E-state index contributed by atoms with van der Waals surface area (Å²) in [7, 11) is 0. The van der Waals surface area contributed by atoms with Crippen molar-refractivity contribution >= 4 is 11.9 Å². The molecule has 24 heavy (non-hydrogen) atoms. The van der Waals surface area contributed by atoms with Gasteiger partial charge in [-0.05, 0) is 19.4 Å². The molecule has 3 rings (SSSR count). The van der Waals surface area contributed by atoms with E-state index in [1.807, 2.05) is 0 Å². The standard InChI is InChI=1S/C16H14F2N2O4/c1-6(17)11-8(3-19-4-9(11)18)13-12(15(21)22)7(2)20-10-5-24-16(23)14(10)13/h3-4,6,13,20H,5H2,1-2H3,(H,21,22)/t6-,13+/m0/s1. The Hall–Kier alpha value is -2.77. The summed E-state index contributed by atoms with van der Waals surface area (Å²) in [6.07, 6.45) is 0.348. The number of allylic oxidation sites excluding steroid dienone is 1. The van der Waals surface area contributed by atoms with Crippen molar-refractivity contribution in [1.29, 1.82) is 0 Å². The number of alkyl halides is 1. The quantitative estimate of drug-likeness (QED) is 0.822. The summed E-state index contributed by atoms with van der Waals surface area (Å²) in [5.74, 6) is -4.05. The summed E-state index contributed by atoms with van der Waals surface area (Å²) in [6.45, 7) is 2.62. The highest BCUT2D eigenvalue weighted by atomic mass is 19.1. The van der Waals surface area contributed by atoms with Gasteiger partial charge in [-0.15, -0.1) is 0 Å². The molecule has 0 saturated heterocycles. The molecule has 0 unspecified atom stereocenters. The molecule has 8 heteroatoms. The van der Waals surface area contributed by atoms with Crippen molar-refractivity contribution in [2.24, 2.45) is 0 Å². The third-order valence-corrected chi connectivity index (χ3v) is 4.12. The van der Waals surface area contributed by atoms with Gasteiger partial charge in [-0.25, -0.2) is 18.4 Å². The molecule has 126 valence electrons. The number of nitrogens with one attached hydrogen (secondary N) is 1. The Labute approximate surface area is 135 Å². The Morgan fingerprint density at radius 3 is 2.83 bits per heavy atom. The minimum absolute atomic E-state index is 0.00889. The van der Waals surface area contributed by atoms with Gasteiger partial charge in [0.25, 0.3) is 0 Å². The highest BCUT2D eigenvalue weighted by Gasteiger charge is 2.43. The molecular formula is C16H14F2N2O4. The second kappa shape index (κ2) is 5.70. The molecule has 3 heterocycles. The lowest BCUT2D eigenvalue weighted by atomic mass is 9.79. The molecule has 0 radical (unpaired) electrons. The predicted octanol–water partition coefficient (Wildman–Crippen LogP) is 2.11. The van der Waals surface area contributed by atoms with Crippen LogP contribution in [-0.2, 0) is 14.3 Å².